The molecule has 1 amide bonds. The van der Waals surface area contributed by atoms with E-state index in [0.717, 1.165) is 4.31 Å². The summed E-state index contributed by atoms with van der Waals surface area (Å²) in [5.74, 6) is 1.26. The number of hydrazone groups is 1. The number of hydrogen-bond acceptors (Lipinski definition) is 8. The van der Waals surface area contributed by atoms with Crippen LogP contribution in [-0.4, -0.2) is 66.9 Å². The molecule has 2 aromatic rings. The zero-order valence-electron chi connectivity index (χ0n) is 18.8. The molecular formula is C21H27N3O7S. The minimum Gasteiger partial charge on any atom is -0.496 e. The van der Waals surface area contributed by atoms with Crippen LogP contribution in [0.2, 0.25) is 0 Å². The van der Waals surface area contributed by atoms with Crippen LogP contribution >= 0.6 is 0 Å². The molecule has 2 rings (SSSR count). The number of carbonyl (C=O) groups is 1. The van der Waals surface area contributed by atoms with Gasteiger partial charge in [-0.1, -0.05) is 0 Å². The molecule has 0 unspecified atom stereocenters. The Hall–Kier alpha value is -3.31. The molecule has 0 bridgehead atoms. The predicted molar refractivity (Wildman–Crippen MR) is 119 cm³/mol. The predicted octanol–water partition coefficient (Wildman–Crippen LogP) is 1.80. The molecule has 0 heterocycles. The molecule has 174 valence electrons. The Balaban J connectivity index is 2.07. The van der Waals surface area contributed by atoms with Crippen molar-refractivity contribution >= 4 is 22.1 Å². The minimum absolute atomic E-state index is 0.0621. The SMILES string of the molecule is COc1ccc(S(=O)(=O)N(C)CC(=O)N/N=C\c2cc(OC)c(OC)c(OC)c2)cc1C. The fourth-order valence-corrected chi connectivity index (χ4v) is 4.08. The van der Waals surface area contributed by atoms with E-state index >= 15 is 0 Å². The summed E-state index contributed by atoms with van der Waals surface area (Å²) in [7, 11) is 3.42. The van der Waals surface area contributed by atoms with Crippen molar-refractivity contribution in [2.75, 3.05) is 42.0 Å². The first-order valence-corrected chi connectivity index (χ1v) is 10.8. The highest BCUT2D eigenvalue weighted by molar-refractivity contribution is 7.89. The average molecular weight is 466 g/mol. The van der Waals surface area contributed by atoms with Crippen LogP contribution in [0.15, 0.2) is 40.3 Å². The monoisotopic (exact) mass is 465 g/mol. The first-order chi connectivity index (χ1) is 15.2. The number of benzene rings is 2. The van der Waals surface area contributed by atoms with Crippen molar-refractivity contribution in [3.8, 4) is 23.0 Å². The van der Waals surface area contributed by atoms with Gasteiger partial charge >= 0.3 is 0 Å². The molecule has 0 atom stereocenters. The molecule has 0 saturated carbocycles. The van der Waals surface area contributed by atoms with Gasteiger partial charge in [0, 0.05) is 12.6 Å². The Morgan fingerprint density at radius 1 is 1.00 bits per heavy atom. The fraction of sp³-hybridized carbons (Fsp3) is 0.333. The van der Waals surface area contributed by atoms with E-state index in [4.69, 9.17) is 18.9 Å². The molecule has 10 nitrogen and oxygen atoms in total. The standard InChI is InChI=1S/C21H27N3O7S/c1-14-9-16(7-8-17(14)28-3)32(26,27)24(2)13-20(25)23-22-12-15-10-18(29-4)21(31-6)19(11-15)30-5/h7-12H,13H2,1-6H3,(H,23,25)/b22-12-. The number of nitrogens with one attached hydrogen (secondary N) is 1. The van der Waals surface area contributed by atoms with Crippen LogP contribution in [0.1, 0.15) is 11.1 Å². The quantitative estimate of drug-likeness (QED) is 0.420. The summed E-state index contributed by atoms with van der Waals surface area (Å²) in [4.78, 5) is 12.3. The zero-order chi connectivity index (χ0) is 23.9. The summed E-state index contributed by atoms with van der Waals surface area (Å²) in [6.45, 7) is 1.32. The molecule has 32 heavy (non-hydrogen) atoms. The largest absolute Gasteiger partial charge is 0.496 e. The summed E-state index contributed by atoms with van der Waals surface area (Å²) in [5, 5.41) is 3.88. The average Bonchev–Trinajstić information content (AvgIpc) is 2.77. The number of carbonyl (C=O) groups excluding carboxylic acids is 1. The van der Waals surface area contributed by atoms with Gasteiger partial charge in [-0.2, -0.15) is 9.41 Å². The van der Waals surface area contributed by atoms with E-state index in [0.29, 0.717) is 34.1 Å². The van der Waals surface area contributed by atoms with Gasteiger partial charge in [-0.15, -0.1) is 0 Å². The van der Waals surface area contributed by atoms with Crippen LogP contribution in [0.3, 0.4) is 0 Å². The molecule has 0 aromatic heterocycles. The number of amides is 1. The maximum absolute atomic E-state index is 12.7. The van der Waals surface area contributed by atoms with Gasteiger partial charge < -0.3 is 18.9 Å². The van der Waals surface area contributed by atoms with Crippen molar-refractivity contribution < 1.29 is 32.2 Å². The Morgan fingerprint density at radius 2 is 1.59 bits per heavy atom. The zero-order valence-corrected chi connectivity index (χ0v) is 19.6. The number of hydrogen-bond donors (Lipinski definition) is 1. The van der Waals surface area contributed by atoms with E-state index in [1.807, 2.05) is 0 Å². The number of nitrogens with zero attached hydrogens (tertiary/aromatic N) is 2. The smallest absolute Gasteiger partial charge is 0.255 e. The van der Waals surface area contributed by atoms with Crippen LogP contribution in [0.5, 0.6) is 23.0 Å². The van der Waals surface area contributed by atoms with Gasteiger partial charge in [0.1, 0.15) is 5.75 Å². The lowest BCUT2D eigenvalue weighted by atomic mass is 10.2. The second-order valence-electron chi connectivity index (χ2n) is 6.64. The summed E-state index contributed by atoms with van der Waals surface area (Å²) in [5.41, 5.74) is 3.56. The molecule has 11 heteroatoms. The van der Waals surface area contributed by atoms with Gasteiger partial charge in [0.05, 0.1) is 46.1 Å². The van der Waals surface area contributed by atoms with Crippen LogP contribution in [0, 0.1) is 6.92 Å². The lowest BCUT2D eigenvalue weighted by molar-refractivity contribution is -0.121. The van der Waals surface area contributed by atoms with Crippen molar-refractivity contribution in [2.45, 2.75) is 11.8 Å². The first-order valence-electron chi connectivity index (χ1n) is 9.40. The Labute approximate surface area is 187 Å². The third-order valence-electron chi connectivity index (χ3n) is 4.53. The Kier molecular flexibility index (Phi) is 8.44. The van der Waals surface area contributed by atoms with Crippen molar-refractivity contribution in [3.05, 3.63) is 41.5 Å². The third-order valence-corrected chi connectivity index (χ3v) is 6.33. The van der Waals surface area contributed by atoms with E-state index in [1.165, 1.54) is 53.8 Å². The summed E-state index contributed by atoms with van der Waals surface area (Å²) < 4.78 is 47.4. The molecule has 0 aliphatic carbocycles. The second kappa shape index (κ2) is 10.8. The van der Waals surface area contributed by atoms with Gasteiger partial charge in [0.15, 0.2) is 11.5 Å². The van der Waals surface area contributed by atoms with E-state index in [9.17, 15) is 13.2 Å². The van der Waals surface area contributed by atoms with Crippen LogP contribution in [0.4, 0.5) is 0 Å². The lowest BCUT2D eigenvalue weighted by Gasteiger charge is -2.17. The Bertz CT molecular complexity index is 1080. The van der Waals surface area contributed by atoms with Crippen molar-refractivity contribution in [1.29, 1.82) is 0 Å². The second-order valence-corrected chi connectivity index (χ2v) is 8.69. The van der Waals surface area contributed by atoms with E-state index in [-0.39, 0.29) is 4.90 Å². The van der Waals surface area contributed by atoms with Gasteiger partial charge in [0.2, 0.25) is 15.8 Å². The summed E-state index contributed by atoms with van der Waals surface area (Å²) in [6, 6.07) is 7.79. The fourth-order valence-electron chi connectivity index (χ4n) is 2.87. The van der Waals surface area contributed by atoms with Crippen LogP contribution in [-0.2, 0) is 14.8 Å². The number of rotatable bonds is 10. The molecule has 1 N–H and O–H groups in total. The van der Waals surface area contributed by atoms with E-state index in [1.54, 1.807) is 25.1 Å². The van der Waals surface area contributed by atoms with Gasteiger partial charge in [-0.3, -0.25) is 4.79 Å². The van der Waals surface area contributed by atoms with Crippen LogP contribution < -0.4 is 24.4 Å². The molecule has 0 fully saturated rings. The van der Waals surface area contributed by atoms with Crippen molar-refractivity contribution in [3.63, 3.8) is 0 Å². The molecule has 0 aliphatic rings. The molecule has 0 spiro atoms. The Morgan fingerprint density at radius 3 is 2.09 bits per heavy atom. The maximum Gasteiger partial charge on any atom is 0.255 e. The summed E-state index contributed by atoms with van der Waals surface area (Å²) in [6.07, 6.45) is 1.38. The number of ether oxygens (including phenoxy) is 4. The van der Waals surface area contributed by atoms with E-state index in [2.05, 4.69) is 10.5 Å². The van der Waals surface area contributed by atoms with Crippen molar-refractivity contribution in [1.82, 2.24) is 9.73 Å². The number of methoxy groups -OCH3 is 4. The highest BCUT2D eigenvalue weighted by Gasteiger charge is 2.23. The van der Waals surface area contributed by atoms with Crippen molar-refractivity contribution in [2.24, 2.45) is 5.10 Å². The highest BCUT2D eigenvalue weighted by atomic mass is 32.2. The molecular weight excluding hydrogens is 438 g/mol. The summed E-state index contributed by atoms with van der Waals surface area (Å²) >= 11 is 0. The van der Waals surface area contributed by atoms with E-state index < -0.39 is 22.5 Å². The number of likely N-dealkylation sites (N-methyl/N-ethyl adjacent to an activating group) is 1. The van der Waals surface area contributed by atoms with Gasteiger partial charge in [-0.25, -0.2) is 13.8 Å². The van der Waals surface area contributed by atoms with Crippen LogP contribution in [0.25, 0.3) is 0 Å². The van der Waals surface area contributed by atoms with Gasteiger partial charge in [-0.05, 0) is 42.8 Å². The normalized spacial score (nSPS) is 11.5. The topological polar surface area (TPSA) is 116 Å². The molecule has 0 aliphatic heterocycles. The highest BCUT2D eigenvalue weighted by Crippen LogP contribution is 2.37. The number of sulfonamides is 1. The molecule has 0 saturated heterocycles. The maximum atomic E-state index is 12.7. The first kappa shape index (κ1) is 25.0. The van der Waals surface area contributed by atoms with Gasteiger partial charge in [0.25, 0.3) is 5.91 Å². The molecule has 0 radical (unpaired) electrons. The lowest BCUT2D eigenvalue weighted by Crippen LogP contribution is -2.36. The number of aryl methyl sites for hydroxylation is 1. The molecule has 2 aromatic carbocycles. The third kappa shape index (κ3) is 5.68. The minimum atomic E-state index is -3.87.